The molecule has 136 valence electrons. The summed E-state index contributed by atoms with van der Waals surface area (Å²) in [6, 6.07) is 12.0. The molecule has 0 aliphatic heterocycles. The molecule has 0 aliphatic carbocycles. The largest absolute Gasteiger partial charge is 0.416 e. The van der Waals surface area contributed by atoms with E-state index in [4.69, 9.17) is 5.73 Å². The minimum atomic E-state index is -4.62. The van der Waals surface area contributed by atoms with Crippen LogP contribution in [0, 0.1) is 6.92 Å². The van der Waals surface area contributed by atoms with Crippen LogP contribution >= 0.6 is 0 Å². The van der Waals surface area contributed by atoms with Crippen molar-refractivity contribution in [2.45, 2.75) is 24.5 Å². The molecular weight excluding hydrogens is 353 g/mol. The minimum Gasteiger partial charge on any atom is -0.329 e. The number of alkyl halides is 3. The highest BCUT2D eigenvalue weighted by molar-refractivity contribution is 7.89. The van der Waals surface area contributed by atoms with Crippen molar-refractivity contribution in [2.75, 3.05) is 13.1 Å². The summed E-state index contributed by atoms with van der Waals surface area (Å²) in [7, 11) is -4.12. The lowest BCUT2D eigenvalue weighted by Crippen LogP contribution is -2.35. The molecule has 0 unspecified atom stereocenters. The SMILES string of the molecule is Cc1c(C(F)(F)F)cccc1S(=O)(=O)N(CCN)Cc1ccccc1. The normalized spacial score (nSPS) is 12.6. The highest BCUT2D eigenvalue weighted by Gasteiger charge is 2.35. The first kappa shape index (κ1) is 19.4. The summed E-state index contributed by atoms with van der Waals surface area (Å²) in [5, 5.41) is 0. The summed E-state index contributed by atoms with van der Waals surface area (Å²) < 4.78 is 66.2. The first-order valence-corrected chi connectivity index (χ1v) is 9.03. The summed E-state index contributed by atoms with van der Waals surface area (Å²) in [5.41, 5.74) is 4.96. The standard InChI is InChI=1S/C17H19F3N2O2S/c1-13-15(17(18,19)20)8-5-9-16(13)25(23,24)22(11-10-21)12-14-6-3-2-4-7-14/h2-9H,10-12,21H2,1H3. The lowest BCUT2D eigenvalue weighted by atomic mass is 10.1. The highest BCUT2D eigenvalue weighted by atomic mass is 32.2. The van der Waals surface area contributed by atoms with Gasteiger partial charge in [0, 0.05) is 19.6 Å². The number of benzene rings is 2. The van der Waals surface area contributed by atoms with Gasteiger partial charge in [0.15, 0.2) is 0 Å². The van der Waals surface area contributed by atoms with E-state index >= 15 is 0 Å². The topological polar surface area (TPSA) is 63.4 Å². The van der Waals surface area contributed by atoms with Crippen molar-refractivity contribution in [3.8, 4) is 0 Å². The van der Waals surface area contributed by atoms with Crippen LogP contribution in [0.5, 0.6) is 0 Å². The van der Waals surface area contributed by atoms with E-state index in [0.29, 0.717) is 0 Å². The van der Waals surface area contributed by atoms with E-state index < -0.39 is 21.8 Å². The first-order valence-electron chi connectivity index (χ1n) is 7.59. The summed E-state index contributed by atoms with van der Waals surface area (Å²) in [6.45, 7) is 1.27. The summed E-state index contributed by atoms with van der Waals surface area (Å²) >= 11 is 0. The van der Waals surface area contributed by atoms with E-state index in [1.54, 1.807) is 30.3 Å². The highest BCUT2D eigenvalue weighted by Crippen LogP contribution is 2.35. The van der Waals surface area contributed by atoms with Gasteiger partial charge in [0.05, 0.1) is 10.5 Å². The molecule has 0 aromatic heterocycles. The Hall–Kier alpha value is -1.90. The van der Waals surface area contributed by atoms with Crippen LogP contribution in [0.15, 0.2) is 53.4 Å². The Morgan fingerprint density at radius 2 is 1.68 bits per heavy atom. The molecular formula is C17H19F3N2O2S. The maximum atomic E-state index is 13.1. The number of sulfonamides is 1. The van der Waals surface area contributed by atoms with Crippen molar-refractivity contribution >= 4 is 10.0 Å². The van der Waals surface area contributed by atoms with E-state index in [9.17, 15) is 21.6 Å². The zero-order valence-electron chi connectivity index (χ0n) is 13.6. The molecule has 0 atom stereocenters. The van der Waals surface area contributed by atoms with Gasteiger partial charge in [0.2, 0.25) is 10.0 Å². The molecule has 25 heavy (non-hydrogen) atoms. The molecule has 2 aromatic rings. The Kier molecular flexibility index (Phi) is 5.87. The van der Waals surface area contributed by atoms with E-state index in [1.807, 2.05) is 0 Å². The number of nitrogens with two attached hydrogens (primary N) is 1. The third-order valence-corrected chi connectivity index (χ3v) is 5.78. The molecule has 0 saturated heterocycles. The molecule has 0 spiro atoms. The molecule has 0 heterocycles. The van der Waals surface area contributed by atoms with Gasteiger partial charge in [0.25, 0.3) is 0 Å². The van der Waals surface area contributed by atoms with Crippen LogP contribution in [-0.2, 0) is 22.7 Å². The van der Waals surface area contributed by atoms with Crippen molar-refractivity contribution < 1.29 is 21.6 Å². The van der Waals surface area contributed by atoms with Gasteiger partial charge in [0.1, 0.15) is 0 Å². The quantitative estimate of drug-likeness (QED) is 0.847. The maximum Gasteiger partial charge on any atom is 0.416 e. The molecule has 0 radical (unpaired) electrons. The van der Waals surface area contributed by atoms with Crippen LogP contribution < -0.4 is 5.73 Å². The van der Waals surface area contributed by atoms with Gasteiger partial charge >= 0.3 is 6.18 Å². The second-order valence-electron chi connectivity index (χ2n) is 5.54. The van der Waals surface area contributed by atoms with E-state index in [0.717, 1.165) is 22.0 Å². The van der Waals surface area contributed by atoms with Crippen LogP contribution in [-0.4, -0.2) is 25.8 Å². The zero-order chi connectivity index (χ0) is 18.7. The lowest BCUT2D eigenvalue weighted by Gasteiger charge is -2.23. The first-order chi connectivity index (χ1) is 11.7. The summed E-state index contributed by atoms with van der Waals surface area (Å²) in [6.07, 6.45) is -4.62. The summed E-state index contributed by atoms with van der Waals surface area (Å²) in [5.74, 6) is 0. The van der Waals surface area contributed by atoms with Crippen molar-refractivity contribution in [3.05, 3.63) is 65.2 Å². The molecule has 2 rings (SSSR count). The van der Waals surface area contributed by atoms with Crippen LogP contribution in [0.25, 0.3) is 0 Å². The van der Waals surface area contributed by atoms with Gasteiger partial charge in [-0.1, -0.05) is 36.4 Å². The summed E-state index contributed by atoms with van der Waals surface area (Å²) in [4.78, 5) is -0.355. The smallest absolute Gasteiger partial charge is 0.329 e. The maximum absolute atomic E-state index is 13.1. The molecule has 0 amide bonds. The van der Waals surface area contributed by atoms with Gasteiger partial charge in [-0.2, -0.15) is 17.5 Å². The van der Waals surface area contributed by atoms with Gasteiger partial charge < -0.3 is 5.73 Å². The van der Waals surface area contributed by atoms with E-state index in [1.165, 1.54) is 13.0 Å². The third-order valence-electron chi connectivity index (χ3n) is 3.79. The van der Waals surface area contributed by atoms with Gasteiger partial charge in [-0.05, 0) is 30.2 Å². The fraction of sp³-hybridized carbons (Fsp3) is 0.294. The van der Waals surface area contributed by atoms with Crippen LogP contribution in [0.3, 0.4) is 0 Å². The van der Waals surface area contributed by atoms with Crippen molar-refractivity contribution in [2.24, 2.45) is 5.73 Å². The Morgan fingerprint density at radius 1 is 1.04 bits per heavy atom. The predicted octanol–water partition coefficient (Wildman–Crippen LogP) is 3.16. The fourth-order valence-corrected chi connectivity index (χ4v) is 4.25. The third kappa shape index (κ3) is 4.39. The van der Waals surface area contributed by atoms with Crippen molar-refractivity contribution in [1.29, 1.82) is 0 Å². The number of nitrogens with zero attached hydrogens (tertiary/aromatic N) is 1. The average molecular weight is 372 g/mol. The average Bonchev–Trinajstić information content (AvgIpc) is 2.54. The van der Waals surface area contributed by atoms with Crippen LogP contribution in [0.2, 0.25) is 0 Å². The second kappa shape index (κ2) is 7.55. The fourth-order valence-electron chi connectivity index (χ4n) is 2.56. The molecule has 2 aromatic carbocycles. The van der Waals surface area contributed by atoms with E-state index in [2.05, 4.69) is 0 Å². The molecule has 0 aliphatic rings. The zero-order valence-corrected chi connectivity index (χ0v) is 14.4. The minimum absolute atomic E-state index is 0.00686. The second-order valence-corrected chi connectivity index (χ2v) is 7.45. The van der Waals surface area contributed by atoms with Crippen LogP contribution in [0.1, 0.15) is 16.7 Å². The monoisotopic (exact) mass is 372 g/mol. The van der Waals surface area contributed by atoms with Gasteiger partial charge in [-0.15, -0.1) is 0 Å². The van der Waals surface area contributed by atoms with Gasteiger partial charge in [-0.25, -0.2) is 8.42 Å². The molecule has 8 heteroatoms. The number of rotatable bonds is 6. The molecule has 0 saturated carbocycles. The Bertz CT molecular complexity index is 822. The van der Waals surface area contributed by atoms with E-state index in [-0.39, 0.29) is 30.1 Å². The molecule has 0 fully saturated rings. The van der Waals surface area contributed by atoms with Crippen molar-refractivity contribution in [1.82, 2.24) is 4.31 Å². The number of hydrogen-bond acceptors (Lipinski definition) is 3. The Balaban J connectivity index is 2.47. The molecule has 0 bridgehead atoms. The number of halogens is 3. The Labute approximate surface area is 145 Å². The van der Waals surface area contributed by atoms with Gasteiger partial charge in [-0.3, -0.25) is 0 Å². The molecule has 2 N–H and O–H groups in total. The van der Waals surface area contributed by atoms with Crippen LogP contribution in [0.4, 0.5) is 13.2 Å². The lowest BCUT2D eigenvalue weighted by molar-refractivity contribution is -0.138. The number of hydrogen-bond donors (Lipinski definition) is 1. The predicted molar refractivity (Wildman–Crippen MR) is 89.3 cm³/mol. The molecule has 4 nitrogen and oxygen atoms in total. The Morgan fingerprint density at radius 3 is 2.24 bits per heavy atom. The van der Waals surface area contributed by atoms with Crippen molar-refractivity contribution in [3.63, 3.8) is 0 Å².